The topological polar surface area (TPSA) is 63.4 Å². The smallest absolute Gasteiger partial charge is 0.275 e. The molecule has 4 aromatic rings. The van der Waals surface area contributed by atoms with E-state index < -0.39 is 0 Å². The lowest BCUT2D eigenvalue weighted by Crippen LogP contribution is -2.34. The van der Waals surface area contributed by atoms with Gasteiger partial charge in [0, 0.05) is 25.5 Å². The molecule has 0 fully saturated rings. The molecule has 8 heteroatoms. The number of thiocarbonyl (C=S) groups is 1. The van der Waals surface area contributed by atoms with Crippen LogP contribution in [0.2, 0.25) is 5.02 Å². The summed E-state index contributed by atoms with van der Waals surface area (Å²) < 4.78 is 3.68. The fourth-order valence-electron chi connectivity index (χ4n) is 3.02. The number of hydrogen-bond donors (Lipinski definition) is 2. The maximum atomic E-state index is 12.8. The van der Waals surface area contributed by atoms with E-state index in [0.717, 1.165) is 11.0 Å². The molecule has 0 spiro atoms. The summed E-state index contributed by atoms with van der Waals surface area (Å²) >= 11 is 11.1. The average molecular weight is 398 g/mol. The van der Waals surface area contributed by atoms with Gasteiger partial charge in [0.25, 0.3) is 5.56 Å². The maximum Gasteiger partial charge on any atom is 0.275 e. The highest BCUT2D eigenvalue weighted by atomic mass is 35.5. The van der Waals surface area contributed by atoms with Crippen molar-refractivity contribution in [2.75, 3.05) is 11.9 Å². The van der Waals surface area contributed by atoms with Crippen LogP contribution in [-0.2, 0) is 6.54 Å². The molecule has 0 aliphatic carbocycles. The zero-order valence-electron chi connectivity index (χ0n) is 14.2. The molecule has 0 atom stereocenters. The Bertz CT molecular complexity index is 1180. The molecule has 0 unspecified atom stereocenters. The van der Waals surface area contributed by atoms with Crippen molar-refractivity contribution in [1.29, 1.82) is 0 Å². The van der Waals surface area contributed by atoms with Crippen LogP contribution >= 0.6 is 23.8 Å². The van der Waals surface area contributed by atoms with E-state index in [4.69, 9.17) is 23.8 Å². The highest BCUT2D eigenvalue weighted by Crippen LogP contribution is 2.14. The number of para-hydroxylation sites is 2. The van der Waals surface area contributed by atoms with E-state index in [1.165, 1.54) is 0 Å². The van der Waals surface area contributed by atoms with E-state index in [9.17, 15) is 4.79 Å². The Balaban J connectivity index is 1.51. The predicted molar refractivity (Wildman–Crippen MR) is 113 cm³/mol. The lowest BCUT2D eigenvalue weighted by Gasteiger charge is -2.14. The van der Waals surface area contributed by atoms with Crippen LogP contribution in [0, 0.1) is 0 Å². The molecule has 3 aromatic heterocycles. The Kier molecular flexibility index (Phi) is 4.79. The number of hydrogen-bond acceptors (Lipinski definition) is 3. The summed E-state index contributed by atoms with van der Waals surface area (Å²) in [6.07, 6.45) is 3.45. The molecule has 27 heavy (non-hydrogen) atoms. The molecule has 0 aliphatic heterocycles. The van der Waals surface area contributed by atoms with Gasteiger partial charge < -0.3 is 19.6 Å². The van der Waals surface area contributed by atoms with Crippen LogP contribution in [0.5, 0.6) is 0 Å². The van der Waals surface area contributed by atoms with Crippen molar-refractivity contribution in [3.8, 4) is 0 Å². The molecule has 0 aliphatic rings. The normalized spacial score (nSPS) is 11.0. The zero-order chi connectivity index (χ0) is 18.8. The average Bonchev–Trinajstić information content (AvgIpc) is 3.17. The van der Waals surface area contributed by atoms with Crippen LogP contribution in [-0.4, -0.2) is 25.6 Å². The summed E-state index contributed by atoms with van der Waals surface area (Å²) in [5, 5.41) is 7.10. The minimum absolute atomic E-state index is 0.0289. The standard InChI is InChI=1S/C19H16ClN5OS/c20-13-7-8-17(22-12-13)23-19(27)21-9-11-25-15-5-2-1-4-14(15)24-10-3-6-16(24)18(25)26/h1-8,10,12H,9,11H2,(H2,21,22,23,27). The summed E-state index contributed by atoms with van der Waals surface area (Å²) in [6.45, 7) is 0.983. The third kappa shape index (κ3) is 3.51. The number of rotatable bonds is 4. The van der Waals surface area contributed by atoms with E-state index in [0.29, 0.717) is 34.6 Å². The van der Waals surface area contributed by atoms with Crippen molar-refractivity contribution in [2.45, 2.75) is 6.54 Å². The van der Waals surface area contributed by atoms with Crippen LogP contribution in [0.4, 0.5) is 5.82 Å². The molecule has 0 saturated carbocycles. The molecular formula is C19H16ClN5OS. The summed E-state index contributed by atoms with van der Waals surface area (Å²) in [5.41, 5.74) is 2.49. The van der Waals surface area contributed by atoms with Crippen LogP contribution in [0.15, 0.2) is 65.7 Å². The molecule has 0 saturated heterocycles. The Labute approximate surface area is 165 Å². The number of pyridine rings is 1. The van der Waals surface area contributed by atoms with Gasteiger partial charge in [-0.05, 0) is 48.6 Å². The van der Waals surface area contributed by atoms with Gasteiger partial charge in [-0.15, -0.1) is 0 Å². The zero-order valence-corrected chi connectivity index (χ0v) is 15.8. The number of benzene rings is 1. The van der Waals surface area contributed by atoms with Gasteiger partial charge in [-0.3, -0.25) is 4.79 Å². The van der Waals surface area contributed by atoms with Gasteiger partial charge in [0.05, 0.1) is 16.1 Å². The highest BCUT2D eigenvalue weighted by Gasteiger charge is 2.10. The first-order valence-corrected chi connectivity index (χ1v) is 9.17. The van der Waals surface area contributed by atoms with Crippen molar-refractivity contribution in [2.24, 2.45) is 0 Å². The minimum Gasteiger partial charge on any atom is -0.361 e. The summed E-state index contributed by atoms with van der Waals surface area (Å²) in [4.78, 5) is 17.0. The van der Waals surface area contributed by atoms with E-state index >= 15 is 0 Å². The van der Waals surface area contributed by atoms with Gasteiger partial charge in [0.1, 0.15) is 11.3 Å². The minimum atomic E-state index is -0.0289. The molecule has 1 aromatic carbocycles. The van der Waals surface area contributed by atoms with E-state index in [1.54, 1.807) is 22.9 Å². The van der Waals surface area contributed by atoms with Crippen molar-refractivity contribution >= 4 is 51.3 Å². The monoisotopic (exact) mass is 397 g/mol. The SMILES string of the molecule is O=c1c2cccn2c2ccccc2n1CCNC(=S)Nc1ccc(Cl)cn1. The molecule has 136 valence electrons. The van der Waals surface area contributed by atoms with Gasteiger partial charge >= 0.3 is 0 Å². The van der Waals surface area contributed by atoms with Gasteiger partial charge in [-0.1, -0.05) is 23.7 Å². The van der Waals surface area contributed by atoms with Crippen molar-refractivity contribution in [3.05, 3.63) is 76.3 Å². The summed E-state index contributed by atoms with van der Waals surface area (Å²) in [6, 6.07) is 15.0. The van der Waals surface area contributed by atoms with Crippen LogP contribution in [0.1, 0.15) is 0 Å². The number of anilines is 1. The molecule has 2 N–H and O–H groups in total. The molecule has 4 rings (SSSR count). The second-order valence-corrected chi connectivity index (χ2v) is 6.80. The molecule has 0 radical (unpaired) electrons. The first-order chi connectivity index (χ1) is 13.1. The first kappa shape index (κ1) is 17.5. The fourth-order valence-corrected chi connectivity index (χ4v) is 3.34. The molecule has 0 bridgehead atoms. The van der Waals surface area contributed by atoms with Crippen LogP contribution in [0.3, 0.4) is 0 Å². The maximum absolute atomic E-state index is 12.8. The van der Waals surface area contributed by atoms with Gasteiger partial charge in [0.2, 0.25) is 0 Å². The number of halogens is 1. The molecule has 0 amide bonds. The van der Waals surface area contributed by atoms with Gasteiger partial charge in [-0.25, -0.2) is 4.98 Å². The Morgan fingerprint density at radius 3 is 2.63 bits per heavy atom. The number of nitrogens with zero attached hydrogens (tertiary/aromatic N) is 3. The summed E-state index contributed by atoms with van der Waals surface area (Å²) in [5.74, 6) is 0.606. The predicted octanol–water partition coefficient (Wildman–Crippen LogP) is 3.29. The third-order valence-electron chi connectivity index (χ3n) is 4.24. The lowest BCUT2D eigenvalue weighted by molar-refractivity contribution is 0.675. The van der Waals surface area contributed by atoms with Crippen molar-refractivity contribution in [3.63, 3.8) is 0 Å². The number of aromatic nitrogens is 3. The first-order valence-electron chi connectivity index (χ1n) is 8.38. The molecule has 3 heterocycles. The van der Waals surface area contributed by atoms with Crippen molar-refractivity contribution in [1.82, 2.24) is 19.3 Å². The van der Waals surface area contributed by atoms with Crippen LogP contribution in [0.25, 0.3) is 16.6 Å². The third-order valence-corrected chi connectivity index (χ3v) is 4.71. The summed E-state index contributed by atoms with van der Waals surface area (Å²) in [7, 11) is 0. The molecule has 6 nitrogen and oxygen atoms in total. The van der Waals surface area contributed by atoms with E-state index in [2.05, 4.69) is 15.6 Å². The van der Waals surface area contributed by atoms with Crippen molar-refractivity contribution < 1.29 is 0 Å². The second-order valence-electron chi connectivity index (χ2n) is 5.95. The highest BCUT2D eigenvalue weighted by molar-refractivity contribution is 7.80. The van der Waals surface area contributed by atoms with Gasteiger partial charge in [0.15, 0.2) is 5.11 Å². The van der Waals surface area contributed by atoms with Gasteiger partial charge in [-0.2, -0.15) is 0 Å². The largest absolute Gasteiger partial charge is 0.361 e. The van der Waals surface area contributed by atoms with E-state index in [-0.39, 0.29) is 5.56 Å². The number of nitrogens with one attached hydrogen (secondary N) is 2. The Morgan fingerprint density at radius 1 is 1.07 bits per heavy atom. The quantitative estimate of drug-likeness (QED) is 0.517. The second kappa shape index (κ2) is 7.38. The lowest BCUT2D eigenvalue weighted by atomic mass is 10.3. The number of fused-ring (bicyclic) bond motifs is 3. The Morgan fingerprint density at radius 2 is 1.85 bits per heavy atom. The Hall–Kier alpha value is -2.90. The van der Waals surface area contributed by atoms with E-state index in [1.807, 2.05) is 47.0 Å². The molecular weight excluding hydrogens is 382 g/mol. The van der Waals surface area contributed by atoms with Crippen LogP contribution < -0.4 is 16.2 Å². The fraction of sp³-hybridized carbons (Fsp3) is 0.105.